The van der Waals surface area contributed by atoms with Crippen molar-refractivity contribution < 1.29 is 5.11 Å². The molecule has 0 radical (unpaired) electrons. The van der Waals surface area contributed by atoms with Crippen molar-refractivity contribution in [3.8, 4) is 11.3 Å². The fourth-order valence-electron chi connectivity index (χ4n) is 4.65. The summed E-state index contributed by atoms with van der Waals surface area (Å²) in [6.07, 6.45) is 4.31. The van der Waals surface area contributed by atoms with Crippen LogP contribution in [-0.2, 0) is 19.4 Å². The Morgan fingerprint density at radius 3 is 2.74 bits per heavy atom. The molecule has 1 aromatic heterocycles. The lowest BCUT2D eigenvalue weighted by molar-refractivity contribution is 0.175. The molecule has 1 saturated heterocycles. The van der Waals surface area contributed by atoms with Crippen molar-refractivity contribution in [3.05, 3.63) is 64.7 Å². The fraction of sp³-hybridized carbons (Fsp3) is 0.375. The molecule has 0 spiro atoms. The van der Waals surface area contributed by atoms with E-state index in [0.29, 0.717) is 0 Å². The second-order valence-electron chi connectivity index (χ2n) is 8.21. The van der Waals surface area contributed by atoms with Gasteiger partial charge >= 0.3 is 0 Å². The Hall–Kier alpha value is -2.23. The number of aliphatic hydroxyl groups is 1. The molecule has 0 amide bonds. The van der Waals surface area contributed by atoms with Gasteiger partial charge in [0.25, 0.3) is 0 Å². The molecule has 1 fully saturated rings. The Kier molecular flexibility index (Phi) is 4.22. The molecule has 0 saturated carbocycles. The van der Waals surface area contributed by atoms with Crippen molar-refractivity contribution in [2.24, 2.45) is 0 Å². The van der Waals surface area contributed by atoms with Crippen LogP contribution in [0, 0.1) is 6.92 Å². The Bertz CT molecular complexity index is 1010. The first-order chi connectivity index (χ1) is 13.2. The fourth-order valence-corrected chi connectivity index (χ4v) is 4.65. The van der Waals surface area contributed by atoms with Crippen LogP contribution >= 0.6 is 0 Å². The smallest absolute Gasteiger partial charge is 0.0754 e. The first-order valence-electron chi connectivity index (χ1n) is 10.1. The molecule has 1 N–H and O–H groups in total. The van der Waals surface area contributed by atoms with Crippen LogP contribution in [-0.4, -0.2) is 34.2 Å². The lowest BCUT2D eigenvalue weighted by Crippen LogP contribution is -2.22. The number of likely N-dealkylation sites (tertiary alicyclic amines) is 1. The summed E-state index contributed by atoms with van der Waals surface area (Å²) >= 11 is 0. The summed E-state index contributed by atoms with van der Waals surface area (Å²) in [7, 11) is 0. The average molecular weight is 358 g/mol. The second kappa shape index (κ2) is 6.74. The van der Waals surface area contributed by atoms with Gasteiger partial charge in [0.1, 0.15) is 0 Å². The summed E-state index contributed by atoms with van der Waals surface area (Å²) in [4.78, 5) is 7.48. The van der Waals surface area contributed by atoms with Gasteiger partial charge in [-0.25, -0.2) is 4.98 Å². The lowest BCUT2D eigenvalue weighted by atomic mass is 9.99. The van der Waals surface area contributed by atoms with E-state index in [0.717, 1.165) is 37.3 Å². The highest BCUT2D eigenvalue weighted by atomic mass is 16.3. The van der Waals surface area contributed by atoms with Crippen LogP contribution in [0.3, 0.4) is 0 Å². The zero-order chi connectivity index (χ0) is 18.4. The SMILES string of the molecule is Cc1cccc(-c2nc3cc4c(cc3cc2CN2CC[C@H](O)C2)CCC4)c1. The predicted octanol–water partition coefficient (Wildman–Crippen LogP) is 4.27. The molecule has 5 rings (SSSR count). The maximum Gasteiger partial charge on any atom is 0.0754 e. The first-order valence-corrected chi connectivity index (χ1v) is 10.1. The van der Waals surface area contributed by atoms with Gasteiger partial charge in [-0.15, -0.1) is 0 Å². The number of hydrogen-bond donors (Lipinski definition) is 1. The maximum atomic E-state index is 9.92. The van der Waals surface area contributed by atoms with Gasteiger partial charge in [-0.3, -0.25) is 4.90 Å². The number of pyridine rings is 1. The molecule has 2 aromatic carbocycles. The quantitative estimate of drug-likeness (QED) is 0.760. The molecular weight excluding hydrogens is 332 g/mol. The zero-order valence-electron chi connectivity index (χ0n) is 15.9. The highest BCUT2D eigenvalue weighted by Crippen LogP contribution is 2.32. The van der Waals surface area contributed by atoms with Crippen LogP contribution < -0.4 is 0 Å². The molecule has 3 aromatic rings. The van der Waals surface area contributed by atoms with Gasteiger partial charge in [-0.1, -0.05) is 23.8 Å². The third-order valence-corrected chi connectivity index (χ3v) is 6.04. The number of nitrogens with zero attached hydrogens (tertiary/aromatic N) is 2. The number of benzene rings is 2. The molecule has 1 aliphatic carbocycles. The van der Waals surface area contributed by atoms with Crippen molar-refractivity contribution >= 4 is 10.9 Å². The van der Waals surface area contributed by atoms with Gasteiger partial charge in [0.15, 0.2) is 0 Å². The molecule has 3 heteroatoms. The Balaban J connectivity index is 1.64. The minimum absolute atomic E-state index is 0.191. The average Bonchev–Trinajstić information content (AvgIpc) is 3.27. The summed E-state index contributed by atoms with van der Waals surface area (Å²) in [5.41, 5.74) is 8.87. The molecule has 27 heavy (non-hydrogen) atoms. The van der Waals surface area contributed by atoms with Crippen molar-refractivity contribution in [3.63, 3.8) is 0 Å². The molecule has 2 aliphatic rings. The monoisotopic (exact) mass is 358 g/mol. The van der Waals surface area contributed by atoms with Crippen LogP contribution in [0.1, 0.15) is 35.1 Å². The van der Waals surface area contributed by atoms with Gasteiger partial charge < -0.3 is 5.11 Å². The number of aliphatic hydroxyl groups excluding tert-OH is 1. The van der Waals surface area contributed by atoms with Crippen molar-refractivity contribution in [2.45, 2.75) is 45.3 Å². The van der Waals surface area contributed by atoms with Crippen LogP contribution in [0.15, 0.2) is 42.5 Å². The maximum absolute atomic E-state index is 9.92. The molecule has 2 heterocycles. The van der Waals surface area contributed by atoms with E-state index in [1.54, 1.807) is 0 Å². The highest BCUT2D eigenvalue weighted by molar-refractivity contribution is 5.85. The molecular formula is C24H26N2O. The zero-order valence-corrected chi connectivity index (χ0v) is 15.9. The van der Waals surface area contributed by atoms with Crippen molar-refractivity contribution in [2.75, 3.05) is 13.1 Å². The Morgan fingerprint density at radius 1 is 1.11 bits per heavy atom. The van der Waals surface area contributed by atoms with Gasteiger partial charge in [0, 0.05) is 30.6 Å². The summed E-state index contributed by atoms with van der Waals surface area (Å²) in [5.74, 6) is 0. The first kappa shape index (κ1) is 16.9. The molecule has 138 valence electrons. The van der Waals surface area contributed by atoms with E-state index in [4.69, 9.17) is 4.98 Å². The van der Waals surface area contributed by atoms with Crippen molar-refractivity contribution in [1.29, 1.82) is 0 Å². The van der Waals surface area contributed by atoms with Gasteiger partial charge in [-0.05, 0) is 73.6 Å². The van der Waals surface area contributed by atoms with E-state index in [2.05, 4.69) is 54.3 Å². The lowest BCUT2D eigenvalue weighted by Gasteiger charge is -2.19. The standard InChI is InChI=1S/C24H26N2O/c1-16-4-2-7-19(10-16)24-21(14-26-9-8-22(27)15-26)12-20-11-17-5-3-6-18(17)13-23(20)25-24/h2,4,7,10-13,22,27H,3,5-6,8-9,14-15H2,1H3/t22-/m0/s1. The van der Waals surface area contributed by atoms with Crippen LogP contribution in [0.4, 0.5) is 0 Å². The number of rotatable bonds is 3. The Labute approximate surface area is 160 Å². The van der Waals surface area contributed by atoms with Crippen molar-refractivity contribution in [1.82, 2.24) is 9.88 Å². The number of aromatic nitrogens is 1. The molecule has 0 bridgehead atoms. The summed E-state index contributed by atoms with van der Waals surface area (Å²) < 4.78 is 0. The number of hydrogen-bond acceptors (Lipinski definition) is 3. The van der Waals surface area contributed by atoms with E-state index in [-0.39, 0.29) is 6.10 Å². The minimum atomic E-state index is -0.191. The van der Waals surface area contributed by atoms with Gasteiger partial charge in [0.05, 0.1) is 17.3 Å². The van der Waals surface area contributed by atoms with Crippen LogP contribution in [0.2, 0.25) is 0 Å². The van der Waals surface area contributed by atoms with E-state index in [9.17, 15) is 5.11 Å². The summed E-state index contributed by atoms with van der Waals surface area (Å²) in [6.45, 7) is 4.69. The highest BCUT2D eigenvalue weighted by Gasteiger charge is 2.22. The van der Waals surface area contributed by atoms with Gasteiger partial charge in [0.2, 0.25) is 0 Å². The number of β-amino-alcohol motifs (C(OH)–C–C–N with tert-alkyl or cyclic N) is 1. The molecule has 3 nitrogen and oxygen atoms in total. The topological polar surface area (TPSA) is 36.4 Å². The number of aryl methyl sites for hydroxylation is 3. The van der Waals surface area contributed by atoms with E-state index in [1.807, 2.05) is 0 Å². The molecule has 1 aliphatic heterocycles. The largest absolute Gasteiger partial charge is 0.392 e. The predicted molar refractivity (Wildman–Crippen MR) is 110 cm³/mol. The van der Waals surface area contributed by atoms with E-state index < -0.39 is 0 Å². The van der Waals surface area contributed by atoms with Crippen LogP contribution in [0.5, 0.6) is 0 Å². The third kappa shape index (κ3) is 3.26. The van der Waals surface area contributed by atoms with Crippen LogP contribution in [0.25, 0.3) is 22.2 Å². The molecule has 0 unspecified atom stereocenters. The van der Waals surface area contributed by atoms with E-state index >= 15 is 0 Å². The minimum Gasteiger partial charge on any atom is -0.392 e. The Morgan fingerprint density at radius 2 is 1.96 bits per heavy atom. The summed E-state index contributed by atoms with van der Waals surface area (Å²) in [6, 6.07) is 15.6. The van der Waals surface area contributed by atoms with E-state index in [1.165, 1.54) is 52.5 Å². The second-order valence-corrected chi connectivity index (χ2v) is 8.21. The third-order valence-electron chi connectivity index (χ3n) is 6.04. The number of fused-ring (bicyclic) bond motifs is 2. The molecule has 1 atom stereocenters. The normalized spacial score (nSPS) is 19.7. The van der Waals surface area contributed by atoms with Gasteiger partial charge in [-0.2, -0.15) is 0 Å². The summed E-state index contributed by atoms with van der Waals surface area (Å²) in [5, 5.41) is 11.2.